The Morgan fingerprint density at radius 2 is 1.72 bits per heavy atom. The summed E-state index contributed by atoms with van der Waals surface area (Å²) in [6.45, 7) is 6.66. The molecule has 0 saturated carbocycles. The van der Waals surface area contributed by atoms with Crippen molar-refractivity contribution in [1.29, 1.82) is 0 Å². The Balaban J connectivity index is 1.73. The number of hydrogen-bond donors (Lipinski definition) is 1. The molecule has 0 spiro atoms. The van der Waals surface area contributed by atoms with Crippen LogP contribution in [0.15, 0.2) is 0 Å². The van der Waals surface area contributed by atoms with Crippen LogP contribution < -0.4 is 5.32 Å². The van der Waals surface area contributed by atoms with Crippen LogP contribution >= 0.6 is 0 Å². The Kier molecular flexibility index (Phi) is 5.04. The predicted octanol–water partition coefficient (Wildman–Crippen LogP) is 0.885. The van der Waals surface area contributed by atoms with E-state index < -0.39 is 9.84 Å². The predicted molar refractivity (Wildman–Crippen MR) is 74.5 cm³/mol. The molecule has 4 nitrogen and oxygen atoms in total. The van der Waals surface area contributed by atoms with Gasteiger partial charge < -0.3 is 10.2 Å². The van der Waals surface area contributed by atoms with Crippen molar-refractivity contribution in [3.05, 3.63) is 0 Å². The van der Waals surface area contributed by atoms with Gasteiger partial charge in [0.1, 0.15) is 9.84 Å². The highest BCUT2D eigenvalue weighted by molar-refractivity contribution is 7.91. The van der Waals surface area contributed by atoms with Gasteiger partial charge in [-0.3, -0.25) is 0 Å². The molecule has 2 aliphatic rings. The van der Waals surface area contributed by atoms with Gasteiger partial charge in [0.25, 0.3) is 0 Å². The fraction of sp³-hybridized carbons (Fsp3) is 1.00. The lowest BCUT2D eigenvalue weighted by atomic mass is 9.94. The van der Waals surface area contributed by atoms with Crippen LogP contribution in [-0.4, -0.2) is 57.0 Å². The Morgan fingerprint density at radius 3 is 2.28 bits per heavy atom. The summed E-state index contributed by atoms with van der Waals surface area (Å²) in [5.74, 6) is 1.61. The van der Waals surface area contributed by atoms with Crippen LogP contribution in [-0.2, 0) is 9.84 Å². The van der Waals surface area contributed by atoms with Gasteiger partial charge in [-0.2, -0.15) is 0 Å². The molecule has 2 aliphatic heterocycles. The second-order valence-electron chi connectivity index (χ2n) is 5.67. The van der Waals surface area contributed by atoms with Crippen LogP contribution in [0.1, 0.15) is 32.6 Å². The zero-order chi connectivity index (χ0) is 13.0. The lowest BCUT2D eigenvalue weighted by Crippen LogP contribution is -2.46. The lowest BCUT2D eigenvalue weighted by Gasteiger charge is -2.39. The Bertz CT molecular complexity index is 334. The maximum Gasteiger partial charge on any atom is 0.150 e. The van der Waals surface area contributed by atoms with Gasteiger partial charge in [-0.1, -0.05) is 6.92 Å². The minimum absolute atomic E-state index is 0.398. The van der Waals surface area contributed by atoms with E-state index in [1.807, 2.05) is 0 Å². The zero-order valence-corrected chi connectivity index (χ0v) is 12.2. The number of likely N-dealkylation sites (tertiary alicyclic amines) is 1. The van der Waals surface area contributed by atoms with Crippen LogP contribution in [0.25, 0.3) is 0 Å². The molecule has 18 heavy (non-hydrogen) atoms. The fourth-order valence-electron chi connectivity index (χ4n) is 3.11. The highest BCUT2D eigenvalue weighted by atomic mass is 32.2. The van der Waals surface area contributed by atoms with E-state index in [2.05, 4.69) is 17.1 Å². The largest absolute Gasteiger partial charge is 0.317 e. The average molecular weight is 274 g/mol. The molecule has 0 aromatic rings. The maximum atomic E-state index is 11.4. The second-order valence-corrected chi connectivity index (χ2v) is 7.97. The summed E-state index contributed by atoms with van der Waals surface area (Å²) >= 11 is 0. The van der Waals surface area contributed by atoms with Crippen molar-refractivity contribution in [2.24, 2.45) is 5.92 Å². The van der Waals surface area contributed by atoms with Gasteiger partial charge in [0.2, 0.25) is 0 Å². The minimum atomic E-state index is -2.71. The van der Waals surface area contributed by atoms with Crippen molar-refractivity contribution in [1.82, 2.24) is 10.2 Å². The number of piperidine rings is 1. The second kappa shape index (κ2) is 6.35. The third kappa shape index (κ3) is 3.93. The standard InChI is InChI=1S/C13H26N2O2S/c1-2-14-11-12-3-7-15(8-4-12)13-5-9-18(16,17)10-6-13/h12-14H,2-11H2,1H3. The lowest BCUT2D eigenvalue weighted by molar-refractivity contribution is 0.124. The average Bonchev–Trinajstić information content (AvgIpc) is 2.37. The summed E-state index contributed by atoms with van der Waals surface area (Å²) in [7, 11) is -2.71. The Hall–Kier alpha value is -0.130. The third-order valence-electron chi connectivity index (χ3n) is 4.37. The molecular weight excluding hydrogens is 248 g/mol. The molecule has 0 aromatic carbocycles. The zero-order valence-electron chi connectivity index (χ0n) is 11.4. The molecule has 5 heteroatoms. The molecule has 2 heterocycles. The first-order chi connectivity index (χ1) is 8.61. The first-order valence-corrected chi connectivity index (χ1v) is 9.08. The normalized spacial score (nSPS) is 27.4. The topological polar surface area (TPSA) is 49.4 Å². The summed E-state index contributed by atoms with van der Waals surface area (Å²) in [4.78, 5) is 2.52. The van der Waals surface area contributed by atoms with Crippen molar-refractivity contribution in [2.45, 2.75) is 38.6 Å². The van der Waals surface area contributed by atoms with E-state index in [9.17, 15) is 8.42 Å². The van der Waals surface area contributed by atoms with Crippen molar-refractivity contribution in [3.8, 4) is 0 Å². The van der Waals surface area contributed by atoms with E-state index in [-0.39, 0.29) is 0 Å². The molecular formula is C13H26N2O2S. The first-order valence-electron chi connectivity index (χ1n) is 7.26. The van der Waals surface area contributed by atoms with Crippen LogP contribution in [0.3, 0.4) is 0 Å². The number of hydrogen-bond acceptors (Lipinski definition) is 4. The van der Waals surface area contributed by atoms with E-state index in [1.165, 1.54) is 12.8 Å². The molecule has 0 amide bonds. The van der Waals surface area contributed by atoms with Gasteiger partial charge in [0, 0.05) is 6.04 Å². The Morgan fingerprint density at radius 1 is 1.11 bits per heavy atom. The molecule has 0 atom stereocenters. The molecule has 2 rings (SSSR count). The molecule has 0 aromatic heterocycles. The van der Waals surface area contributed by atoms with Crippen LogP contribution in [0.2, 0.25) is 0 Å². The Labute approximate surface area is 111 Å². The quantitative estimate of drug-likeness (QED) is 0.827. The molecule has 106 valence electrons. The molecule has 0 aliphatic carbocycles. The number of sulfone groups is 1. The van der Waals surface area contributed by atoms with Crippen molar-refractivity contribution < 1.29 is 8.42 Å². The van der Waals surface area contributed by atoms with Crippen molar-refractivity contribution in [2.75, 3.05) is 37.7 Å². The smallest absolute Gasteiger partial charge is 0.150 e. The van der Waals surface area contributed by atoms with Gasteiger partial charge >= 0.3 is 0 Å². The number of rotatable bonds is 4. The van der Waals surface area contributed by atoms with Gasteiger partial charge in [0.05, 0.1) is 11.5 Å². The summed E-state index contributed by atoms with van der Waals surface area (Å²) in [5, 5.41) is 3.43. The van der Waals surface area contributed by atoms with Gasteiger partial charge in [-0.15, -0.1) is 0 Å². The fourth-order valence-corrected chi connectivity index (χ4v) is 4.58. The summed E-state index contributed by atoms with van der Waals surface area (Å²) < 4.78 is 22.8. The van der Waals surface area contributed by atoms with Gasteiger partial charge in [0.15, 0.2) is 0 Å². The summed E-state index contributed by atoms with van der Waals surface area (Å²) in [6, 6.07) is 0.522. The SMILES string of the molecule is CCNCC1CCN(C2CCS(=O)(=O)CC2)CC1. The van der Waals surface area contributed by atoms with E-state index in [1.54, 1.807) is 0 Å². The molecule has 0 unspecified atom stereocenters. The van der Waals surface area contributed by atoms with Crippen molar-refractivity contribution >= 4 is 9.84 Å². The van der Waals surface area contributed by atoms with E-state index in [0.717, 1.165) is 44.9 Å². The highest BCUT2D eigenvalue weighted by Crippen LogP contribution is 2.24. The molecule has 2 fully saturated rings. The summed E-state index contributed by atoms with van der Waals surface area (Å²) in [6.07, 6.45) is 4.22. The first kappa shape index (κ1) is 14.3. The number of nitrogens with zero attached hydrogens (tertiary/aromatic N) is 1. The molecule has 2 saturated heterocycles. The van der Waals surface area contributed by atoms with E-state index in [4.69, 9.17) is 0 Å². The third-order valence-corrected chi connectivity index (χ3v) is 6.09. The molecule has 1 N–H and O–H groups in total. The van der Waals surface area contributed by atoms with Crippen LogP contribution in [0.4, 0.5) is 0 Å². The summed E-state index contributed by atoms with van der Waals surface area (Å²) in [5.41, 5.74) is 0. The molecule has 0 bridgehead atoms. The van der Waals surface area contributed by atoms with Crippen LogP contribution in [0, 0.1) is 5.92 Å². The monoisotopic (exact) mass is 274 g/mol. The minimum Gasteiger partial charge on any atom is -0.317 e. The van der Waals surface area contributed by atoms with Gasteiger partial charge in [-0.25, -0.2) is 8.42 Å². The van der Waals surface area contributed by atoms with E-state index in [0.29, 0.717) is 17.5 Å². The molecule has 0 radical (unpaired) electrons. The van der Waals surface area contributed by atoms with Crippen LogP contribution in [0.5, 0.6) is 0 Å². The van der Waals surface area contributed by atoms with Gasteiger partial charge in [-0.05, 0) is 57.8 Å². The van der Waals surface area contributed by atoms with Crippen molar-refractivity contribution in [3.63, 3.8) is 0 Å². The highest BCUT2D eigenvalue weighted by Gasteiger charge is 2.30. The maximum absolute atomic E-state index is 11.4. The number of nitrogens with one attached hydrogen (secondary N) is 1. The van der Waals surface area contributed by atoms with E-state index >= 15 is 0 Å².